The van der Waals surface area contributed by atoms with Crippen LogP contribution in [0.3, 0.4) is 0 Å². The number of hydrogen-bond acceptors (Lipinski definition) is 3. The minimum Gasteiger partial charge on any atom is -0.327 e. The minimum absolute atomic E-state index is 0.139. The number of hydrogen-bond donors (Lipinski definition) is 1. The first-order chi connectivity index (χ1) is 6.55. The van der Waals surface area contributed by atoms with Gasteiger partial charge in [-0.25, -0.2) is 8.42 Å². The van der Waals surface area contributed by atoms with Crippen molar-refractivity contribution in [2.24, 2.45) is 11.7 Å². The van der Waals surface area contributed by atoms with Crippen molar-refractivity contribution < 1.29 is 8.42 Å². The lowest BCUT2D eigenvalue weighted by Crippen LogP contribution is -2.38. The predicted octanol–water partition coefficient (Wildman–Crippen LogP) is 1.33. The molecule has 1 rings (SSSR count). The van der Waals surface area contributed by atoms with E-state index >= 15 is 0 Å². The topological polar surface area (TPSA) is 60.2 Å². The quantitative estimate of drug-likeness (QED) is 0.776. The van der Waals surface area contributed by atoms with E-state index in [0.29, 0.717) is 5.92 Å². The highest BCUT2D eigenvalue weighted by Gasteiger charge is 2.24. The summed E-state index contributed by atoms with van der Waals surface area (Å²) < 4.78 is 22.7. The summed E-state index contributed by atoms with van der Waals surface area (Å²) in [5, 5.41) is 0. The van der Waals surface area contributed by atoms with Crippen LogP contribution in [0.15, 0.2) is 0 Å². The molecule has 0 aromatic rings. The van der Waals surface area contributed by atoms with Gasteiger partial charge in [-0.15, -0.1) is 0 Å². The average Bonchev–Trinajstić information content (AvgIpc) is 2.19. The van der Waals surface area contributed by atoms with Gasteiger partial charge in [0.15, 0.2) is 9.84 Å². The molecule has 1 unspecified atom stereocenters. The number of rotatable bonds is 4. The summed E-state index contributed by atoms with van der Waals surface area (Å²) >= 11 is 0. The lowest BCUT2D eigenvalue weighted by atomic mass is 9.85. The first-order valence-corrected chi connectivity index (χ1v) is 7.33. The van der Waals surface area contributed by atoms with Crippen LogP contribution in [0.25, 0.3) is 0 Å². The summed E-state index contributed by atoms with van der Waals surface area (Å²) in [5.74, 6) is 0.826. The van der Waals surface area contributed by atoms with E-state index in [1.807, 2.05) is 0 Å². The summed E-state index contributed by atoms with van der Waals surface area (Å²) in [6, 6.07) is -0.139. The van der Waals surface area contributed by atoms with Crippen LogP contribution in [0.2, 0.25) is 0 Å². The summed E-state index contributed by atoms with van der Waals surface area (Å²) in [6.07, 6.45) is 5.93. The molecule has 0 amide bonds. The maximum Gasteiger partial charge on any atom is 0.151 e. The average molecular weight is 219 g/mol. The predicted molar refractivity (Wildman–Crippen MR) is 58.9 cm³/mol. The minimum atomic E-state index is -2.89. The van der Waals surface area contributed by atoms with Gasteiger partial charge >= 0.3 is 0 Å². The van der Waals surface area contributed by atoms with Crippen molar-refractivity contribution in [3.63, 3.8) is 0 Å². The maximum absolute atomic E-state index is 11.4. The zero-order valence-electron chi connectivity index (χ0n) is 8.91. The van der Waals surface area contributed by atoms with Crippen LogP contribution in [0.5, 0.6) is 0 Å². The zero-order valence-corrected chi connectivity index (χ0v) is 9.72. The molecular weight excluding hydrogens is 198 g/mol. The third kappa shape index (κ3) is 3.58. The molecule has 0 spiro atoms. The molecule has 1 aliphatic carbocycles. The standard InChI is InChI=1S/C10H21NO2S/c1-2-14(12,13)8-10(11)9-6-4-3-5-7-9/h9-10H,2-8,11H2,1H3. The highest BCUT2D eigenvalue weighted by molar-refractivity contribution is 7.91. The Morgan fingerprint density at radius 2 is 1.86 bits per heavy atom. The fourth-order valence-corrected chi connectivity index (χ4v) is 3.20. The van der Waals surface area contributed by atoms with Gasteiger partial charge in [0.05, 0.1) is 5.75 Å². The molecule has 3 nitrogen and oxygen atoms in total. The Balaban J connectivity index is 2.44. The second-order valence-corrected chi connectivity index (χ2v) is 6.66. The Hall–Kier alpha value is -0.0900. The zero-order chi connectivity index (χ0) is 10.6. The van der Waals surface area contributed by atoms with E-state index in [9.17, 15) is 8.42 Å². The molecule has 14 heavy (non-hydrogen) atoms. The van der Waals surface area contributed by atoms with Crippen LogP contribution in [-0.4, -0.2) is 26.0 Å². The molecule has 1 atom stereocenters. The molecule has 0 aromatic carbocycles. The van der Waals surface area contributed by atoms with Gasteiger partial charge in [0.2, 0.25) is 0 Å². The van der Waals surface area contributed by atoms with E-state index in [1.54, 1.807) is 6.92 Å². The molecule has 2 N–H and O–H groups in total. The normalized spacial score (nSPS) is 22.1. The summed E-state index contributed by atoms with van der Waals surface area (Å²) in [4.78, 5) is 0. The van der Waals surface area contributed by atoms with Crippen LogP contribution in [0.4, 0.5) is 0 Å². The van der Waals surface area contributed by atoms with E-state index in [4.69, 9.17) is 5.73 Å². The molecule has 1 fully saturated rings. The van der Waals surface area contributed by atoms with Gasteiger partial charge in [-0.1, -0.05) is 26.2 Å². The van der Waals surface area contributed by atoms with Gasteiger partial charge in [0.1, 0.15) is 0 Å². The Morgan fingerprint density at radius 3 is 2.36 bits per heavy atom. The van der Waals surface area contributed by atoms with Crippen molar-refractivity contribution in [1.82, 2.24) is 0 Å². The third-order valence-electron chi connectivity index (χ3n) is 3.14. The molecule has 0 radical (unpaired) electrons. The van der Waals surface area contributed by atoms with Crippen molar-refractivity contribution >= 4 is 9.84 Å². The largest absolute Gasteiger partial charge is 0.327 e. The van der Waals surface area contributed by atoms with Crippen LogP contribution in [-0.2, 0) is 9.84 Å². The number of sulfone groups is 1. The third-order valence-corrected chi connectivity index (χ3v) is 4.91. The molecule has 0 saturated heterocycles. The molecule has 0 bridgehead atoms. The molecule has 1 saturated carbocycles. The molecule has 0 heterocycles. The van der Waals surface area contributed by atoms with E-state index in [-0.39, 0.29) is 17.5 Å². The van der Waals surface area contributed by atoms with Crippen molar-refractivity contribution in [3.8, 4) is 0 Å². The van der Waals surface area contributed by atoms with E-state index in [1.165, 1.54) is 19.3 Å². The van der Waals surface area contributed by atoms with Gasteiger partial charge < -0.3 is 5.73 Å². The molecular formula is C10H21NO2S. The molecule has 4 heteroatoms. The molecule has 84 valence electrons. The first kappa shape index (κ1) is 12.0. The molecule has 0 aliphatic heterocycles. The fraction of sp³-hybridized carbons (Fsp3) is 1.00. The van der Waals surface area contributed by atoms with Crippen molar-refractivity contribution in [2.45, 2.75) is 45.1 Å². The van der Waals surface area contributed by atoms with Crippen molar-refractivity contribution in [3.05, 3.63) is 0 Å². The maximum atomic E-state index is 11.4. The Morgan fingerprint density at radius 1 is 1.29 bits per heavy atom. The van der Waals surface area contributed by atoms with Crippen LogP contribution >= 0.6 is 0 Å². The lowest BCUT2D eigenvalue weighted by molar-refractivity contribution is 0.317. The summed E-state index contributed by atoms with van der Waals surface area (Å²) in [5.41, 5.74) is 5.93. The van der Waals surface area contributed by atoms with E-state index in [2.05, 4.69) is 0 Å². The first-order valence-electron chi connectivity index (χ1n) is 5.51. The SMILES string of the molecule is CCS(=O)(=O)CC(N)C1CCCCC1. The fourth-order valence-electron chi connectivity index (χ4n) is 2.11. The van der Waals surface area contributed by atoms with Crippen molar-refractivity contribution in [1.29, 1.82) is 0 Å². The van der Waals surface area contributed by atoms with Crippen molar-refractivity contribution in [2.75, 3.05) is 11.5 Å². The Bertz CT molecular complexity index is 255. The monoisotopic (exact) mass is 219 g/mol. The molecule has 1 aliphatic rings. The van der Waals surface area contributed by atoms with Crippen LogP contribution in [0, 0.1) is 5.92 Å². The second kappa shape index (κ2) is 5.12. The van der Waals surface area contributed by atoms with Gasteiger partial charge in [-0.05, 0) is 18.8 Å². The van der Waals surface area contributed by atoms with E-state index in [0.717, 1.165) is 12.8 Å². The highest BCUT2D eigenvalue weighted by Crippen LogP contribution is 2.26. The Kier molecular flexibility index (Phi) is 4.38. The smallest absolute Gasteiger partial charge is 0.151 e. The van der Waals surface area contributed by atoms with Gasteiger partial charge in [0, 0.05) is 11.8 Å². The van der Waals surface area contributed by atoms with Crippen LogP contribution in [0.1, 0.15) is 39.0 Å². The highest BCUT2D eigenvalue weighted by atomic mass is 32.2. The Labute approximate surface area is 87.0 Å². The van der Waals surface area contributed by atoms with Gasteiger partial charge in [0.25, 0.3) is 0 Å². The summed E-state index contributed by atoms with van der Waals surface area (Å²) in [6.45, 7) is 1.68. The van der Waals surface area contributed by atoms with Gasteiger partial charge in [-0.3, -0.25) is 0 Å². The van der Waals surface area contributed by atoms with Crippen LogP contribution < -0.4 is 5.73 Å². The number of nitrogens with two attached hydrogens (primary N) is 1. The lowest BCUT2D eigenvalue weighted by Gasteiger charge is -2.27. The van der Waals surface area contributed by atoms with E-state index < -0.39 is 9.84 Å². The van der Waals surface area contributed by atoms with Gasteiger partial charge in [-0.2, -0.15) is 0 Å². The second-order valence-electron chi connectivity index (χ2n) is 4.26. The summed E-state index contributed by atoms with van der Waals surface area (Å²) in [7, 11) is -2.89. The molecule has 0 aromatic heterocycles.